The van der Waals surface area contributed by atoms with Crippen LogP contribution >= 0.6 is 23.4 Å². The SMILES string of the molecule is Cc1cccc(C(=O)NCl)c1COc1ccc(O)cc1Cl. The van der Waals surface area contributed by atoms with Gasteiger partial charge in [-0.25, -0.2) is 0 Å². The van der Waals surface area contributed by atoms with E-state index in [9.17, 15) is 9.90 Å². The van der Waals surface area contributed by atoms with Crippen molar-refractivity contribution in [1.29, 1.82) is 0 Å². The predicted octanol–water partition coefficient (Wildman–Crippen LogP) is 3.82. The standard InChI is InChI=1S/C15H13Cl2NO3/c1-9-3-2-4-11(15(20)18-17)12(9)8-21-14-6-5-10(19)7-13(14)16/h2-7,19H,8H2,1H3,(H,18,20). The summed E-state index contributed by atoms with van der Waals surface area (Å²) in [6.07, 6.45) is 0. The van der Waals surface area contributed by atoms with Crippen LogP contribution in [0.4, 0.5) is 0 Å². The minimum Gasteiger partial charge on any atom is -0.508 e. The average molecular weight is 326 g/mol. The van der Waals surface area contributed by atoms with Crippen molar-refractivity contribution in [3.05, 3.63) is 58.1 Å². The van der Waals surface area contributed by atoms with Crippen molar-refractivity contribution in [3.63, 3.8) is 0 Å². The number of benzene rings is 2. The summed E-state index contributed by atoms with van der Waals surface area (Å²) >= 11 is 11.4. The van der Waals surface area contributed by atoms with Gasteiger partial charge < -0.3 is 9.84 Å². The molecule has 0 spiro atoms. The van der Waals surface area contributed by atoms with Gasteiger partial charge in [0.2, 0.25) is 0 Å². The molecule has 21 heavy (non-hydrogen) atoms. The summed E-state index contributed by atoms with van der Waals surface area (Å²) < 4.78 is 5.63. The number of aryl methyl sites for hydroxylation is 1. The minimum atomic E-state index is -0.393. The summed E-state index contributed by atoms with van der Waals surface area (Å²) in [4.78, 5) is 13.8. The number of phenolic OH excluding ortho intramolecular Hbond substituents is 1. The number of carbonyl (C=O) groups is 1. The molecule has 0 atom stereocenters. The molecular formula is C15H13Cl2NO3. The zero-order valence-electron chi connectivity index (χ0n) is 11.2. The normalized spacial score (nSPS) is 10.2. The number of phenols is 1. The number of carbonyl (C=O) groups excluding carboxylic acids is 1. The van der Waals surface area contributed by atoms with Crippen LogP contribution < -0.4 is 9.57 Å². The van der Waals surface area contributed by atoms with E-state index in [1.807, 2.05) is 13.0 Å². The Morgan fingerprint density at radius 1 is 1.33 bits per heavy atom. The molecule has 2 aromatic carbocycles. The molecule has 2 N–H and O–H groups in total. The molecule has 0 saturated heterocycles. The van der Waals surface area contributed by atoms with Gasteiger partial charge in [-0.2, -0.15) is 0 Å². The van der Waals surface area contributed by atoms with Gasteiger partial charge in [0.1, 0.15) is 18.1 Å². The van der Waals surface area contributed by atoms with Crippen molar-refractivity contribution in [2.75, 3.05) is 0 Å². The molecule has 0 aromatic heterocycles. The highest BCUT2D eigenvalue weighted by atomic mass is 35.5. The summed E-state index contributed by atoms with van der Waals surface area (Å²) in [5.74, 6) is 0.0937. The molecule has 110 valence electrons. The molecule has 0 radical (unpaired) electrons. The molecule has 6 heteroatoms. The molecule has 2 aromatic rings. The fourth-order valence-electron chi connectivity index (χ4n) is 1.91. The Hall–Kier alpha value is -1.91. The maximum Gasteiger partial charge on any atom is 0.266 e. The Kier molecular flexibility index (Phi) is 4.94. The fraction of sp³-hybridized carbons (Fsp3) is 0.133. The van der Waals surface area contributed by atoms with E-state index in [0.29, 0.717) is 16.3 Å². The molecule has 0 fully saturated rings. The lowest BCUT2D eigenvalue weighted by molar-refractivity contribution is 0.0979. The highest BCUT2D eigenvalue weighted by Crippen LogP contribution is 2.29. The molecule has 0 aliphatic carbocycles. The van der Waals surface area contributed by atoms with E-state index in [2.05, 4.69) is 4.84 Å². The molecule has 0 aliphatic rings. The van der Waals surface area contributed by atoms with E-state index in [4.69, 9.17) is 28.1 Å². The maximum absolute atomic E-state index is 11.8. The first-order valence-corrected chi connectivity index (χ1v) is 6.89. The molecule has 0 unspecified atom stereocenters. The third-order valence-corrected chi connectivity index (χ3v) is 3.50. The maximum atomic E-state index is 11.8. The Morgan fingerprint density at radius 3 is 2.76 bits per heavy atom. The van der Waals surface area contributed by atoms with E-state index in [1.165, 1.54) is 12.1 Å². The summed E-state index contributed by atoms with van der Waals surface area (Å²) in [5, 5.41) is 9.61. The van der Waals surface area contributed by atoms with Crippen molar-refractivity contribution < 1.29 is 14.6 Å². The second-order valence-corrected chi connectivity index (χ2v) is 5.02. The highest BCUT2D eigenvalue weighted by Gasteiger charge is 2.13. The molecule has 2 rings (SSSR count). The molecule has 0 bridgehead atoms. The van der Waals surface area contributed by atoms with Gasteiger partial charge in [-0.15, -0.1) is 0 Å². The van der Waals surface area contributed by atoms with Crippen LogP contribution in [0.25, 0.3) is 0 Å². The number of rotatable bonds is 4. The van der Waals surface area contributed by atoms with Crippen LogP contribution in [-0.2, 0) is 6.61 Å². The van der Waals surface area contributed by atoms with Crippen LogP contribution in [0.3, 0.4) is 0 Å². The second kappa shape index (κ2) is 6.70. The molecule has 0 saturated carbocycles. The van der Waals surface area contributed by atoms with Gasteiger partial charge in [-0.1, -0.05) is 23.7 Å². The summed E-state index contributed by atoms with van der Waals surface area (Å²) in [6, 6.07) is 9.75. The van der Waals surface area contributed by atoms with Gasteiger partial charge >= 0.3 is 0 Å². The van der Waals surface area contributed by atoms with Crippen LogP contribution in [0.5, 0.6) is 11.5 Å². The van der Waals surface area contributed by atoms with E-state index in [0.717, 1.165) is 11.1 Å². The molecule has 0 aliphatic heterocycles. The number of aromatic hydroxyl groups is 1. The van der Waals surface area contributed by atoms with Crippen LogP contribution in [-0.4, -0.2) is 11.0 Å². The van der Waals surface area contributed by atoms with Gasteiger partial charge in [0.05, 0.1) is 5.02 Å². The smallest absolute Gasteiger partial charge is 0.266 e. The van der Waals surface area contributed by atoms with E-state index in [1.54, 1.807) is 18.2 Å². The number of hydrogen-bond acceptors (Lipinski definition) is 3. The molecule has 4 nitrogen and oxygen atoms in total. The van der Waals surface area contributed by atoms with E-state index < -0.39 is 5.91 Å². The highest BCUT2D eigenvalue weighted by molar-refractivity contribution is 6.32. The van der Waals surface area contributed by atoms with Crippen LogP contribution in [0.2, 0.25) is 5.02 Å². The van der Waals surface area contributed by atoms with E-state index in [-0.39, 0.29) is 12.4 Å². The third-order valence-electron chi connectivity index (χ3n) is 3.03. The molecule has 0 heterocycles. The van der Waals surface area contributed by atoms with Crippen LogP contribution in [0.15, 0.2) is 36.4 Å². The van der Waals surface area contributed by atoms with Crippen molar-refractivity contribution in [2.24, 2.45) is 0 Å². The largest absolute Gasteiger partial charge is 0.508 e. The lowest BCUT2D eigenvalue weighted by atomic mass is 10.0. The van der Waals surface area contributed by atoms with Crippen molar-refractivity contribution in [1.82, 2.24) is 4.84 Å². The third kappa shape index (κ3) is 3.60. The summed E-state index contributed by atoms with van der Waals surface area (Å²) in [7, 11) is 0. The zero-order chi connectivity index (χ0) is 15.4. The van der Waals surface area contributed by atoms with Crippen molar-refractivity contribution in [2.45, 2.75) is 13.5 Å². The number of halogens is 2. The Morgan fingerprint density at radius 2 is 2.10 bits per heavy atom. The Bertz CT molecular complexity index is 674. The molecular weight excluding hydrogens is 313 g/mol. The first kappa shape index (κ1) is 15.5. The van der Waals surface area contributed by atoms with Crippen LogP contribution in [0.1, 0.15) is 21.5 Å². The Labute approximate surface area is 132 Å². The first-order valence-electron chi connectivity index (χ1n) is 6.13. The number of nitrogens with one attached hydrogen (secondary N) is 1. The number of ether oxygens (including phenoxy) is 1. The lowest BCUT2D eigenvalue weighted by Gasteiger charge is -2.13. The van der Waals surface area contributed by atoms with E-state index >= 15 is 0 Å². The second-order valence-electron chi connectivity index (χ2n) is 4.43. The minimum absolute atomic E-state index is 0.0606. The van der Waals surface area contributed by atoms with Gasteiger partial charge in [0.25, 0.3) is 5.91 Å². The lowest BCUT2D eigenvalue weighted by Crippen LogP contribution is -2.16. The predicted molar refractivity (Wildman–Crippen MR) is 81.9 cm³/mol. The number of hydrogen-bond donors (Lipinski definition) is 2. The monoisotopic (exact) mass is 325 g/mol. The van der Waals surface area contributed by atoms with Crippen LogP contribution in [0, 0.1) is 6.92 Å². The number of amides is 1. The first-order chi connectivity index (χ1) is 10.0. The van der Waals surface area contributed by atoms with Gasteiger partial charge in [0, 0.05) is 29.0 Å². The average Bonchev–Trinajstić information content (AvgIpc) is 2.46. The summed E-state index contributed by atoms with van der Waals surface area (Å²) in [6.45, 7) is 2.04. The quantitative estimate of drug-likeness (QED) is 0.840. The van der Waals surface area contributed by atoms with Gasteiger partial charge in [-0.3, -0.25) is 9.63 Å². The Balaban J connectivity index is 2.25. The van der Waals surface area contributed by atoms with Crippen molar-refractivity contribution >= 4 is 29.3 Å². The van der Waals surface area contributed by atoms with Crippen molar-refractivity contribution in [3.8, 4) is 11.5 Å². The summed E-state index contributed by atoms with van der Waals surface area (Å²) in [5.41, 5.74) is 2.07. The van der Waals surface area contributed by atoms with Gasteiger partial charge in [-0.05, 0) is 30.7 Å². The zero-order valence-corrected chi connectivity index (χ0v) is 12.7. The topological polar surface area (TPSA) is 58.6 Å². The molecule has 1 amide bonds. The van der Waals surface area contributed by atoms with Gasteiger partial charge in [0.15, 0.2) is 0 Å². The fourth-order valence-corrected chi connectivity index (χ4v) is 2.25.